The van der Waals surface area contributed by atoms with Crippen LogP contribution in [0.5, 0.6) is 0 Å². The molecular weight excluding hydrogens is 224 g/mol. The zero-order chi connectivity index (χ0) is 12.9. The molecule has 0 aromatic rings. The zero-order valence-corrected chi connectivity index (χ0v) is 11.7. The predicted octanol–water partition coefficient (Wildman–Crippen LogP) is 1.87. The number of rotatable bonds is 3. The van der Waals surface area contributed by atoms with Crippen molar-refractivity contribution in [3.8, 4) is 0 Å². The van der Waals surface area contributed by atoms with Crippen molar-refractivity contribution in [3.63, 3.8) is 0 Å². The summed E-state index contributed by atoms with van der Waals surface area (Å²) in [4.78, 5) is 14.2. The fourth-order valence-corrected chi connectivity index (χ4v) is 5.53. The molecule has 4 rings (SSSR count). The Kier molecular flexibility index (Phi) is 2.92. The highest BCUT2D eigenvalue weighted by Crippen LogP contribution is 2.62. The molecule has 18 heavy (non-hydrogen) atoms. The van der Waals surface area contributed by atoms with Gasteiger partial charge in [0.1, 0.15) is 0 Å². The minimum absolute atomic E-state index is 0.0703. The molecule has 4 bridgehead atoms. The van der Waals surface area contributed by atoms with Crippen molar-refractivity contribution >= 4 is 5.91 Å². The Morgan fingerprint density at radius 2 is 1.61 bits per heavy atom. The van der Waals surface area contributed by atoms with Crippen molar-refractivity contribution < 1.29 is 4.79 Å². The lowest BCUT2D eigenvalue weighted by molar-refractivity contribution is -0.148. The molecule has 102 valence electrons. The van der Waals surface area contributed by atoms with Gasteiger partial charge in [-0.2, -0.15) is 0 Å². The lowest BCUT2D eigenvalue weighted by Gasteiger charge is -2.59. The molecule has 0 aromatic carbocycles. The third kappa shape index (κ3) is 1.78. The highest BCUT2D eigenvalue weighted by molar-refractivity contribution is 5.79. The van der Waals surface area contributed by atoms with Crippen LogP contribution < -0.4 is 5.73 Å². The van der Waals surface area contributed by atoms with Gasteiger partial charge in [0.15, 0.2) is 0 Å². The molecule has 3 nitrogen and oxygen atoms in total. The summed E-state index contributed by atoms with van der Waals surface area (Å²) in [5.74, 6) is 3.00. The molecule has 0 radical (unpaired) electrons. The number of nitrogens with two attached hydrogens (primary N) is 1. The van der Waals surface area contributed by atoms with Crippen LogP contribution in [0, 0.1) is 29.1 Å². The Hall–Kier alpha value is -0.570. The van der Waals surface area contributed by atoms with Crippen molar-refractivity contribution in [2.75, 3.05) is 20.6 Å². The second-order valence-corrected chi connectivity index (χ2v) is 7.30. The van der Waals surface area contributed by atoms with Crippen molar-refractivity contribution in [3.05, 3.63) is 0 Å². The molecule has 0 spiro atoms. The van der Waals surface area contributed by atoms with Gasteiger partial charge in [0.25, 0.3) is 0 Å². The number of amides is 1. The highest BCUT2D eigenvalue weighted by Gasteiger charge is 2.55. The highest BCUT2D eigenvalue weighted by atomic mass is 16.2. The zero-order valence-electron chi connectivity index (χ0n) is 11.7. The smallest absolute Gasteiger partial charge is 0.227 e. The van der Waals surface area contributed by atoms with E-state index in [9.17, 15) is 4.79 Å². The second-order valence-electron chi connectivity index (χ2n) is 7.30. The van der Waals surface area contributed by atoms with Gasteiger partial charge in [0, 0.05) is 20.6 Å². The Bertz CT molecular complexity index is 315. The first-order valence-electron chi connectivity index (χ1n) is 7.45. The average molecular weight is 250 g/mol. The maximum absolute atomic E-state index is 12.4. The Morgan fingerprint density at radius 1 is 1.17 bits per heavy atom. The van der Waals surface area contributed by atoms with Crippen LogP contribution in [0.25, 0.3) is 0 Å². The fraction of sp³-hybridized carbons (Fsp3) is 0.933. The van der Waals surface area contributed by atoms with Gasteiger partial charge in [0.05, 0.1) is 5.92 Å². The number of hydrogen-bond acceptors (Lipinski definition) is 2. The summed E-state index contributed by atoms with van der Waals surface area (Å²) in [6.45, 7) is 0.531. The van der Waals surface area contributed by atoms with Crippen LogP contribution in [0.2, 0.25) is 0 Å². The van der Waals surface area contributed by atoms with Crippen molar-refractivity contribution in [1.82, 2.24) is 4.90 Å². The second kappa shape index (κ2) is 4.22. The van der Waals surface area contributed by atoms with E-state index in [1.165, 1.54) is 38.5 Å². The summed E-state index contributed by atoms with van der Waals surface area (Å²) >= 11 is 0. The van der Waals surface area contributed by atoms with Gasteiger partial charge in [-0.05, 0) is 61.7 Å². The Labute approximate surface area is 110 Å². The van der Waals surface area contributed by atoms with Gasteiger partial charge in [-0.15, -0.1) is 0 Å². The standard InChI is InChI=1S/C15H26N2O/c1-17(2)14(18)13(9-16)15-6-10-3-11(7-15)5-12(4-10)8-15/h10-13H,3-9,16H2,1-2H3. The van der Waals surface area contributed by atoms with Crippen LogP contribution in [0.4, 0.5) is 0 Å². The maximum atomic E-state index is 12.4. The first kappa shape index (κ1) is 12.5. The lowest BCUT2D eigenvalue weighted by Crippen LogP contribution is -2.55. The van der Waals surface area contributed by atoms with Crippen LogP contribution in [0.15, 0.2) is 0 Å². The SMILES string of the molecule is CN(C)C(=O)C(CN)C12CC3CC(CC(C3)C1)C2. The third-order valence-electron chi connectivity index (χ3n) is 5.80. The van der Waals surface area contributed by atoms with E-state index in [2.05, 4.69) is 0 Å². The van der Waals surface area contributed by atoms with Crippen LogP contribution >= 0.6 is 0 Å². The predicted molar refractivity (Wildman–Crippen MR) is 71.8 cm³/mol. The number of carbonyl (C=O) groups is 1. The van der Waals surface area contributed by atoms with E-state index in [0.717, 1.165) is 17.8 Å². The summed E-state index contributed by atoms with van der Waals surface area (Å²) in [7, 11) is 3.73. The molecule has 2 N–H and O–H groups in total. The molecule has 4 aliphatic rings. The van der Waals surface area contributed by atoms with E-state index < -0.39 is 0 Å². The molecule has 4 aliphatic carbocycles. The summed E-state index contributed by atoms with van der Waals surface area (Å²) in [6.07, 6.45) is 8.06. The van der Waals surface area contributed by atoms with Crippen LogP contribution in [0.3, 0.4) is 0 Å². The van der Waals surface area contributed by atoms with Gasteiger partial charge in [0.2, 0.25) is 5.91 Å². The topological polar surface area (TPSA) is 46.3 Å². The van der Waals surface area contributed by atoms with Crippen molar-refractivity contribution in [2.45, 2.75) is 38.5 Å². The summed E-state index contributed by atoms with van der Waals surface area (Å²) in [5.41, 5.74) is 6.24. The number of carbonyl (C=O) groups excluding carboxylic acids is 1. The summed E-state index contributed by atoms with van der Waals surface area (Å²) < 4.78 is 0. The molecule has 0 heterocycles. The van der Waals surface area contributed by atoms with Crippen molar-refractivity contribution in [2.24, 2.45) is 34.8 Å². The summed E-state index contributed by atoms with van der Waals surface area (Å²) in [5, 5.41) is 0. The van der Waals surface area contributed by atoms with Gasteiger partial charge < -0.3 is 10.6 Å². The van der Waals surface area contributed by atoms with Gasteiger partial charge >= 0.3 is 0 Å². The Balaban J connectivity index is 1.87. The molecule has 3 heteroatoms. The Morgan fingerprint density at radius 3 is 1.94 bits per heavy atom. The third-order valence-corrected chi connectivity index (χ3v) is 5.80. The first-order valence-corrected chi connectivity index (χ1v) is 7.45. The quantitative estimate of drug-likeness (QED) is 0.831. The van der Waals surface area contributed by atoms with Crippen LogP contribution in [-0.4, -0.2) is 31.4 Å². The van der Waals surface area contributed by atoms with Gasteiger partial charge in [-0.25, -0.2) is 0 Å². The minimum Gasteiger partial charge on any atom is -0.349 e. The largest absolute Gasteiger partial charge is 0.349 e. The van der Waals surface area contributed by atoms with E-state index in [0.29, 0.717) is 6.54 Å². The van der Waals surface area contributed by atoms with E-state index in [-0.39, 0.29) is 17.2 Å². The number of hydrogen-bond donors (Lipinski definition) is 1. The normalized spacial score (nSPS) is 42.9. The molecule has 1 atom stereocenters. The van der Waals surface area contributed by atoms with Crippen LogP contribution in [-0.2, 0) is 4.79 Å². The molecule has 1 amide bonds. The first-order chi connectivity index (χ1) is 8.54. The lowest BCUT2D eigenvalue weighted by atomic mass is 9.46. The van der Waals surface area contributed by atoms with E-state index in [1.54, 1.807) is 4.90 Å². The molecule has 4 fully saturated rings. The fourth-order valence-electron chi connectivity index (χ4n) is 5.53. The molecule has 1 unspecified atom stereocenters. The molecular formula is C15H26N2O. The van der Waals surface area contributed by atoms with E-state index >= 15 is 0 Å². The molecule has 0 saturated heterocycles. The molecule has 0 aromatic heterocycles. The minimum atomic E-state index is 0.0703. The van der Waals surface area contributed by atoms with E-state index in [4.69, 9.17) is 5.73 Å². The number of nitrogens with zero attached hydrogens (tertiary/aromatic N) is 1. The molecule has 4 saturated carbocycles. The molecule has 0 aliphatic heterocycles. The monoisotopic (exact) mass is 250 g/mol. The summed E-state index contributed by atoms with van der Waals surface area (Å²) in [6, 6.07) is 0. The van der Waals surface area contributed by atoms with Crippen LogP contribution in [0.1, 0.15) is 38.5 Å². The maximum Gasteiger partial charge on any atom is 0.227 e. The van der Waals surface area contributed by atoms with Crippen molar-refractivity contribution in [1.29, 1.82) is 0 Å². The van der Waals surface area contributed by atoms with Gasteiger partial charge in [-0.1, -0.05) is 0 Å². The van der Waals surface area contributed by atoms with E-state index in [1.807, 2.05) is 14.1 Å². The average Bonchev–Trinajstić information content (AvgIpc) is 2.27. The van der Waals surface area contributed by atoms with Gasteiger partial charge in [-0.3, -0.25) is 4.79 Å².